The summed E-state index contributed by atoms with van der Waals surface area (Å²) in [5.74, 6) is 0.169. The minimum atomic E-state index is -0.0693. The van der Waals surface area contributed by atoms with Crippen LogP contribution in [0.25, 0.3) is 10.2 Å². The van der Waals surface area contributed by atoms with Crippen LogP contribution in [0, 0.1) is 0 Å². The van der Waals surface area contributed by atoms with Crippen LogP contribution in [0.4, 0.5) is 0 Å². The van der Waals surface area contributed by atoms with Crippen molar-refractivity contribution in [1.82, 2.24) is 14.9 Å². The second-order valence-corrected chi connectivity index (χ2v) is 6.98. The smallest absolute Gasteiger partial charge is 0.271 e. The van der Waals surface area contributed by atoms with Gasteiger partial charge in [0.05, 0.1) is 17.4 Å². The van der Waals surface area contributed by atoms with E-state index < -0.39 is 0 Å². The molecule has 3 rings (SSSR count). The predicted octanol–water partition coefficient (Wildman–Crippen LogP) is 1.38. The van der Waals surface area contributed by atoms with Gasteiger partial charge >= 0.3 is 0 Å². The normalized spacial score (nSPS) is 18.0. The maximum Gasteiger partial charge on any atom is 0.271 e. The van der Waals surface area contributed by atoms with Crippen molar-refractivity contribution >= 4 is 39.2 Å². The van der Waals surface area contributed by atoms with Crippen molar-refractivity contribution in [3.8, 4) is 0 Å². The lowest BCUT2D eigenvalue weighted by atomic mass is 10.2. The first-order valence-corrected chi connectivity index (χ1v) is 8.97. The molecule has 1 saturated heterocycles. The first kappa shape index (κ1) is 15.5. The summed E-state index contributed by atoms with van der Waals surface area (Å²) in [7, 11) is 1.68. The molecule has 2 aromatic rings. The highest BCUT2D eigenvalue weighted by atomic mass is 32.2. The van der Waals surface area contributed by atoms with E-state index in [1.807, 2.05) is 11.4 Å². The number of thioether (sulfide) groups is 1. The van der Waals surface area contributed by atoms with Crippen molar-refractivity contribution in [2.75, 3.05) is 18.9 Å². The van der Waals surface area contributed by atoms with Crippen LogP contribution in [0.1, 0.15) is 12.8 Å². The number of ether oxygens (including phenoxy) is 1. The van der Waals surface area contributed by atoms with Crippen LogP contribution < -0.4 is 10.9 Å². The largest absolute Gasteiger partial charge is 0.376 e. The number of hydrogen-bond acceptors (Lipinski definition) is 6. The van der Waals surface area contributed by atoms with Crippen molar-refractivity contribution < 1.29 is 9.53 Å². The molecule has 2 aromatic heterocycles. The molecular weight excluding hydrogens is 322 g/mol. The Bertz CT molecular complexity index is 734. The van der Waals surface area contributed by atoms with Crippen molar-refractivity contribution in [3.63, 3.8) is 0 Å². The fraction of sp³-hybridized carbons (Fsp3) is 0.500. The monoisotopic (exact) mass is 339 g/mol. The van der Waals surface area contributed by atoms with E-state index in [2.05, 4.69) is 10.3 Å². The number of aromatic nitrogens is 2. The lowest BCUT2D eigenvalue weighted by molar-refractivity contribution is -0.119. The van der Waals surface area contributed by atoms with Gasteiger partial charge in [0.25, 0.3) is 5.56 Å². The summed E-state index contributed by atoms with van der Waals surface area (Å²) < 4.78 is 7.61. The Labute approximate surface area is 135 Å². The number of carbonyl (C=O) groups excluding carboxylic acids is 1. The molecule has 0 spiro atoms. The standard InChI is InChI=1S/C14H17N3O3S2/c1-17-13(19)12-10(4-6-21-12)16-14(17)22-8-11(18)15-7-9-3-2-5-20-9/h4,6,9H,2-3,5,7-8H2,1H3,(H,15,18)/t9-/m1/s1. The van der Waals surface area contributed by atoms with Crippen LogP contribution >= 0.6 is 23.1 Å². The molecule has 1 atom stereocenters. The highest BCUT2D eigenvalue weighted by molar-refractivity contribution is 7.99. The summed E-state index contributed by atoms with van der Waals surface area (Å²) in [6.07, 6.45) is 2.19. The van der Waals surface area contributed by atoms with E-state index in [1.54, 1.807) is 7.05 Å². The second kappa shape index (κ2) is 6.80. The molecule has 1 N–H and O–H groups in total. The third-order valence-electron chi connectivity index (χ3n) is 3.53. The van der Waals surface area contributed by atoms with Gasteiger partial charge in [0.2, 0.25) is 5.91 Å². The molecule has 1 aliphatic rings. The van der Waals surface area contributed by atoms with Crippen molar-refractivity contribution in [1.29, 1.82) is 0 Å². The van der Waals surface area contributed by atoms with Gasteiger partial charge in [-0.15, -0.1) is 11.3 Å². The molecule has 0 saturated carbocycles. The molecule has 1 aliphatic heterocycles. The van der Waals surface area contributed by atoms with E-state index in [0.29, 0.717) is 21.9 Å². The predicted molar refractivity (Wildman–Crippen MR) is 87.6 cm³/mol. The Morgan fingerprint density at radius 2 is 2.50 bits per heavy atom. The Morgan fingerprint density at radius 1 is 1.64 bits per heavy atom. The Morgan fingerprint density at radius 3 is 3.27 bits per heavy atom. The SMILES string of the molecule is Cn1c(SCC(=O)NC[C@H]2CCCO2)nc2ccsc2c1=O. The average molecular weight is 339 g/mol. The van der Waals surface area contributed by atoms with E-state index in [0.717, 1.165) is 19.4 Å². The third kappa shape index (κ3) is 3.34. The number of hydrogen-bond donors (Lipinski definition) is 1. The minimum Gasteiger partial charge on any atom is -0.376 e. The minimum absolute atomic E-state index is 0.0673. The highest BCUT2D eigenvalue weighted by Gasteiger charge is 2.17. The molecule has 0 radical (unpaired) electrons. The molecule has 0 aliphatic carbocycles. The summed E-state index contributed by atoms with van der Waals surface area (Å²) in [5, 5.41) is 5.27. The van der Waals surface area contributed by atoms with Gasteiger partial charge in [0.15, 0.2) is 5.16 Å². The van der Waals surface area contributed by atoms with Crippen molar-refractivity contribution in [2.45, 2.75) is 24.1 Å². The molecule has 0 bridgehead atoms. The van der Waals surface area contributed by atoms with Gasteiger partial charge in [-0.25, -0.2) is 4.98 Å². The lowest BCUT2D eigenvalue weighted by Crippen LogP contribution is -2.33. The Balaban J connectivity index is 1.59. The van der Waals surface area contributed by atoms with E-state index in [-0.39, 0.29) is 23.3 Å². The maximum atomic E-state index is 12.2. The highest BCUT2D eigenvalue weighted by Crippen LogP contribution is 2.20. The van der Waals surface area contributed by atoms with E-state index >= 15 is 0 Å². The molecule has 118 valence electrons. The average Bonchev–Trinajstić information content (AvgIpc) is 3.18. The third-order valence-corrected chi connectivity index (χ3v) is 5.45. The number of thiophene rings is 1. The summed E-state index contributed by atoms with van der Waals surface area (Å²) in [4.78, 5) is 28.5. The maximum absolute atomic E-state index is 12.2. The Hall–Kier alpha value is -1.38. The summed E-state index contributed by atoms with van der Waals surface area (Å²) in [6, 6.07) is 1.82. The number of amides is 1. The number of nitrogens with zero attached hydrogens (tertiary/aromatic N) is 2. The first-order valence-electron chi connectivity index (χ1n) is 7.10. The van der Waals surface area contributed by atoms with Gasteiger partial charge < -0.3 is 10.1 Å². The zero-order chi connectivity index (χ0) is 15.5. The number of nitrogens with one attached hydrogen (secondary N) is 1. The zero-order valence-electron chi connectivity index (χ0n) is 12.2. The van der Waals surface area contributed by atoms with Crippen LogP contribution in [0.15, 0.2) is 21.4 Å². The summed E-state index contributed by atoms with van der Waals surface area (Å²) in [6.45, 7) is 1.33. The second-order valence-electron chi connectivity index (χ2n) is 5.12. The fourth-order valence-corrected chi connectivity index (χ4v) is 3.92. The molecule has 0 aromatic carbocycles. The van der Waals surface area contributed by atoms with Crippen molar-refractivity contribution in [2.24, 2.45) is 7.05 Å². The summed E-state index contributed by atoms with van der Waals surface area (Å²) >= 11 is 2.66. The van der Waals surface area contributed by atoms with Crippen LogP contribution in [-0.2, 0) is 16.6 Å². The topological polar surface area (TPSA) is 73.2 Å². The molecule has 6 nitrogen and oxygen atoms in total. The van der Waals surface area contributed by atoms with Gasteiger partial charge in [0, 0.05) is 20.2 Å². The van der Waals surface area contributed by atoms with Gasteiger partial charge in [0.1, 0.15) is 4.70 Å². The van der Waals surface area contributed by atoms with Gasteiger partial charge in [-0.05, 0) is 24.3 Å². The van der Waals surface area contributed by atoms with Gasteiger partial charge in [-0.3, -0.25) is 14.2 Å². The van der Waals surface area contributed by atoms with Crippen LogP contribution in [0.2, 0.25) is 0 Å². The van der Waals surface area contributed by atoms with Crippen molar-refractivity contribution in [3.05, 3.63) is 21.8 Å². The van der Waals surface area contributed by atoms with Crippen LogP contribution in [-0.4, -0.2) is 40.5 Å². The number of carbonyl (C=O) groups is 1. The van der Waals surface area contributed by atoms with E-state index in [1.165, 1.54) is 27.7 Å². The van der Waals surface area contributed by atoms with Gasteiger partial charge in [-0.1, -0.05) is 11.8 Å². The number of rotatable bonds is 5. The Kier molecular flexibility index (Phi) is 4.80. The quantitative estimate of drug-likeness (QED) is 0.658. The summed E-state index contributed by atoms with van der Waals surface area (Å²) in [5.41, 5.74) is 0.623. The molecule has 22 heavy (non-hydrogen) atoms. The molecule has 1 amide bonds. The fourth-order valence-electron chi connectivity index (χ4n) is 2.31. The zero-order valence-corrected chi connectivity index (χ0v) is 13.8. The lowest BCUT2D eigenvalue weighted by Gasteiger charge is -2.11. The van der Waals surface area contributed by atoms with E-state index in [9.17, 15) is 9.59 Å². The first-order chi connectivity index (χ1) is 10.6. The molecular formula is C14H17N3O3S2. The molecule has 8 heteroatoms. The van der Waals surface area contributed by atoms with Crippen LogP contribution in [0.3, 0.4) is 0 Å². The molecule has 1 fully saturated rings. The number of fused-ring (bicyclic) bond motifs is 1. The van der Waals surface area contributed by atoms with Gasteiger partial charge in [-0.2, -0.15) is 0 Å². The molecule has 0 unspecified atom stereocenters. The molecule has 3 heterocycles. The van der Waals surface area contributed by atoms with Crippen LogP contribution in [0.5, 0.6) is 0 Å². The van der Waals surface area contributed by atoms with E-state index in [4.69, 9.17) is 4.74 Å².